The van der Waals surface area contributed by atoms with Crippen molar-refractivity contribution in [2.24, 2.45) is 0 Å². The minimum Gasteiger partial charge on any atom is -0.398 e. The third kappa shape index (κ3) is 2.27. The van der Waals surface area contributed by atoms with Crippen LogP contribution in [0.3, 0.4) is 0 Å². The maximum absolute atomic E-state index is 10.5. The van der Waals surface area contributed by atoms with Gasteiger partial charge in [0.25, 0.3) is 0 Å². The van der Waals surface area contributed by atoms with Gasteiger partial charge in [0.05, 0.1) is 5.69 Å². The Balaban J connectivity index is 3.27. The molecule has 0 unspecified atom stereocenters. The zero-order valence-corrected chi connectivity index (χ0v) is 8.21. The summed E-state index contributed by atoms with van der Waals surface area (Å²) < 4.78 is 33.6. The van der Waals surface area contributed by atoms with Gasteiger partial charge in [-0.1, -0.05) is 0 Å². The SMILES string of the molecule is Cc1c(N)ccc(N)c1OS(=O)(=O)O. The fraction of sp³-hybridized carbons (Fsp3) is 0.143. The number of rotatable bonds is 2. The number of anilines is 2. The van der Waals surface area contributed by atoms with E-state index < -0.39 is 10.4 Å². The molecule has 6 nitrogen and oxygen atoms in total. The van der Waals surface area contributed by atoms with Crippen molar-refractivity contribution in [1.82, 2.24) is 0 Å². The molecule has 78 valence electrons. The molecule has 1 rings (SSSR count). The number of hydrogen-bond acceptors (Lipinski definition) is 5. The van der Waals surface area contributed by atoms with Gasteiger partial charge in [-0.05, 0) is 19.1 Å². The second kappa shape index (κ2) is 3.35. The lowest BCUT2D eigenvalue weighted by Crippen LogP contribution is -2.10. The van der Waals surface area contributed by atoms with Gasteiger partial charge in [-0.2, -0.15) is 8.42 Å². The molecule has 14 heavy (non-hydrogen) atoms. The van der Waals surface area contributed by atoms with Crippen molar-refractivity contribution < 1.29 is 17.2 Å². The van der Waals surface area contributed by atoms with E-state index in [1.165, 1.54) is 19.1 Å². The van der Waals surface area contributed by atoms with Gasteiger partial charge in [-0.3, -0.25) is 4.55 Å². The lowest BCUT2D eigenvalue weighted by Gasteiger charge is -2.09. The molecule has 0 saturated carbocycles. The summed E-state index contributed by atoms with van der Waals surface area (Å²) in [5, 5.41) is 0. The van der Waals surface area contributed by atoms with Gasteiger partial charge in [0.1, 0.15) is 0 Å². The first-order chi connectivity index (χ1) is 6.31. The van der Waals surface area contributed by atoms with E-state index in [1.807, 2.05) is 0 Å². The third-order valence-corrected chi connectivity index (χ3v) is 2.04. The molecule has 0 aromatic heterocycles. The van der Waals surface area contributed by atoms with E-state index in [2.05, 4.69) is 4.18 Å². The molecule has 7 heteroatoms. The Morgan fingerprint density at radius 3 is 2.29 bits per heavy atom. The van der Waals surface area contributed by atoms with Gasteiger partial charge in [0.2, 0.25) is 0 Å². The van der Waals surface area contributed by atoms with Gasteiger partial charge in [-0.25, -0.2) is 0 Å². The average Bonchev–Trinajstić information content (AvgIpc) is 2.04. The van der Waals surface area contributed by atoms with Crippen molar-refractivity contribution >= 4 is 21.8 Å². The van der Waals surface area contributed by atoms with Gasteiger partial charge in [0, 0.05) is 11.3 Å². The summed E-state index contributed by atoms with van der Waals surface area (Å²) in [7, 11) is -4.57. The maximum atomic E-state index is 10.5. The standard InChI is InChI=1S/C7H10N2O4S/c1-4-5(8)2-3-6(9)7(4)13-14(10,11)12/h2-3H,8-9H2,1H3,(H,10,11,12). The Morgan fingerprint density at radius 2 is 1.79 bits per heavy atom. The smallest absolute Gasteiger partial charge is 0.398 e. The summed E-state index contributed by atoms with van der Waals surface area (Å²) in [6.07, 6.45) is 0. The van der Waals surface area contributed by atoms with E-state index in [4.69, 9.17) is 16.0 Å². The van der Waals surface area contributed by atoms with Crippen molar-refractivity contribution in [2.45, 2.75) is 6.92 Å². The van der Waals surface area contributed by atoms with Crippen LogP contribution < -0.4 is 15.7 Å². The van der Waals surface area contributed by atoms with Gasteiger partial charge >= 0.3 is 10.4 Å². The quantitative estimate of drug-likeness (QED) is 0.487. The molecule has 0 aliphatic heterocycles. The van der Waals surface area contributed by atoms with E-state index in [0.29, 0.717) is 11.3 Å². The topological polar surface area (TPSA) is 116 Å². The highest BCUT2D eigenvalue weighted by atomic mass is 32.3. The Bertz CT molecular complexity index is 455. The van der Waals surface area contributed by atoms with Crippen LogP contribution in [0.25, 0.3) is 0 Å². The molecule has 0 aliphatic rings. The van der Waals surface area contributed by atoms with Crippen LogP contribution in [0.2, 0.25) is 0 Å². The molecule has 0 aliphatic carbocycles. The number of nitrogen functional groups attached to an aromatic ring is 2. The zero-order chi connectivity index (χ0) is 10.9. The first kappa shape index (κ1) is 10.6. The minimum atomic E-state index is -4.57. The van der Waals surface area contributed by atoms with Crippen molar-refractivity contribution in [3.63, 3.8) is 0 Å². The molecule has 5 N–H and O–H groups in total. The van der Waals surface area contributed by atoms with Crippen molar-refractivity contribution in [1.29, 1.82) is 0 Å². The normalized spacial score (nSPS) is 11.3. The maximum Gasteiger partial charge on any atom is 0.446 e. The van der Waals surface area contributed by atoms with Crippen LogP contribution in [0.15, 0.2) is 12.1 Å². The highest BCUT2D eigenvalue weighted by molar-refractivity contribution is 7.81. The Hall–Kier alpha value is -1.47. The fourth-order valence-electron chi connectivity index (χ4n) is 0.944. The summed E-state index contributed by atoms with van der Waals surface area (Å²) in [5.41, 5.74) is 11.7. The van der Waals surface area contributed by atoms with Crippen LogP contribution in [0, 0.1) is 6.92 Å². The van der Waals surface area contributed by atoms with Crippen LogP contribution in [-0.2, 0) is 10.4 Å². The monoisotopic (exact) mass is 218 g/mol. The largest absolute Gasteiger partial charge is 0.446 e. The van der Waals surface area contributed by atoms with Crippen LogP contribution in [0.1, 0.15) is 5.56 Å². The number of hydrogen-bond donors (Lipinski definition) is 3. The van der Waals surface area contributed by atoms with E-state index in [1.54, 1.807) is 0 Å². The van der Waals surface area contributed by atoms with E-state index in [-0.39, 0.29) is 11.4 Å². The zero-order valence-electron chi connectivity index (χ0n) is 7.39. The van der Waals surface area contributed by atoms with Crippen molar-refractivity contribution in [2.75, 3.05) is 11.5 Å². The Morgan fingerprint density at radius 1 is 1.29 bits per heavy atom. The van der Waals surface area contributed by atoms with Crippen LogP contribution in [0.5, 0.6) is 5.75 Å². The van der Waals surface area contributed by atoms with E-state index in [9.17, 15) is 8.42 Å². The van der Waals surface area contributed by atoms with E-state index in [0.717, 1.165) is 0 Å². The summed E-state index contributed by atoms with van der Waals surface area (Å²) >= 11 is 0. The predicted molar refractivity (Wildman–Crippen MR) is 52.2 cm³/mol. The van der Waals surface area contributed by atoms with Crippen LogP contribution >= 0.6 is 0 Å². The second-order valence-corrected chi connectivity index (χ2v) is 3.73. The predicted octanol–water partition coefficient (Wildman–Crippen LogP) is 0.341. The molecule has 0 atom stereocenters. The molecular formula is C7H10N2O4S. The van der Waals surface area contributed by atoms with Crippen molar-refractivity contribution in [3.8, 4) is 5.75 Å². The molecule has 0 radical (unpaired) electrons. The van der Waals surface area contributed by atoms with Crippen LogP contribution in [-0.4, -0.2) is 13.0 Å². The molecule has 0 saturated heterocycles. The summed E-state index contributed by atoms with van der Waals surface area (Å²) in [6.45, 7) is 1.53. The lowest BCUT2D eigenvalue weighted by molar-refractivity contribution is 0.386. The third-order valence-electron chi connectivity index (χ3n) is 1.67. The number of nitrogens with two attached hydrogens (primary N) is 2. The van der Waals surface area contributed by atoms with Crippen LogP contribution in [0.4, 0.5) is 11.4 Å². The lowest BCUT2D eigenvalue weighted by atomic mass is 10.1. The molecule has 0 amide bonds. The summed E-state index contributed by atoms with van der Waals surface area (Å²) in [6, 6.07) is 2.91. The Kier molecular flexibility index (Phi) is 2.54. The number of benzene rings is 1. The highest BCUT2D eigenvalue weighted by Crippen LogP contribution is 2.30. The highest BCUT2D eigenvalue weighted by Gasteiger charge is 2.14. The van der Waals surface area contributed by atoms with Crippen molar-refractivity contribution in [3.05, 3.63) is 17.7 Å². The molecule has 0 spiro atoms. The molecule has 1 aromatic carbocycles. The molecule has 0 fully saturated rings. The molecule has 1 aromatic rings. The van der Waals surface area contributed by atoms with E-state index >= 15 is 0 Å². The minimum absolute atomic E-state index is 0.0920. The summed E-state index contributed by atoms with van der Waals surface area (Å²) in [4.78, 5) is 0. The second-order valence-electron chi connectivity index (χ2n) is 2.71. The first-order valence-electron chi connectivity index (χ1n) is 3.62. The van der Waals surface area contributed by atoms with Gasteiger partial charge in [0.15, 0.2) is 5.75 Å². The summed E-state index contributed by atoms with van der Waals surface area (Å²) in [5.74, 6) is -0.146. The molecular weight excluding hydrogens is 208 g/mol. The van der Waals surface area contributed by atoms with Gasteiger partial charge < -0.3 is 15.7 Å². The molecule has 0 heterocycles. The average molecular weight is 218 g/mol. The Labute approximate surface area is 81.4 Å². The fourth-order valence-corrected chi connectivity index (χ4v) is 1.38. The first-order valence-corrected chi connectivity index (χ1v) is 4.99. The molecule has 0 bridgehead atoms. The van der Waals surface area contributed by atoms with Gasteiger partial charge in [-0.15, -0.1) is 0 Å².